The molecule has 0 bridgehead atoms. The molecule has 110 valence electrons. The monoisotopic (exact) mass is 302 g/mol. The maximum Gasteiger partial charge on any atom is 0.134 e. The number of nitrogens with one attached hydrogen (secondary N) is 1. The fourth-order valence-electron chi connectivity index (χ4n) is 2.81. The lowest BCUT2D eigenvalue weighted by atomic mass is 10.00. The minimum absolute atomic E-state index is 0. The van der Waals surface area contributed by atoms with Crippen molar-refractivity contribution < 1.29 is 5.21 Å². The third-order valence-corrected chi connectivity index (χ3v) is 3.97. The lowest BCUT2D eigenvalue weighted by Crippen LogP contribution is -2.30. The minimum Gasteiger partial charge on any atom is -0.286 e. The molecule has 4 heteroatoms. The summed E-state index contributed by atoms with van der Waals surface area (Å²) in [6, 6.07) is 15.7. The fraction of sp³-hybridized carbons (Fsp3) is 0.235. The Balaban J connectivity index is 0.00000161. The molecule has 2 N–H and O–H groups in total. The van der Waals surface area contributed by atoms with Crippen molar-refractivity contribution in [2.75, 3.05) is 5.06 Å². The Bertz CT molecular complexity index is 639. The van der Waals surface area contributed by atoms with Crippen LogP contribution in [0, 0.1) is 12.3 Å². The predicted molar refractivity (Wildman–Crippen MR) is 87.9 cm³/mol. The molecular formula is C17H19ClN2O. The van der Waals surface area contributed by atoms with Gasteiger partial charge in [0, 0.05) is 5.92 Å². The molecule has 0 aliphatic heterocycles. The van der Waals surface area contributed by atoms with Gasteiger partial charge in [-0.15, -0.1) is 12.4 Å². The van der Waals surface area contributed by atoms with Gasteiger partial charge in [-0.3, -0.25) is 10.6 Å². The molecule has 0 amide bonds. The van der Waals surface area contributed by atoms with Crippen LogP contribution in [0.2, 0.25) is 0 Å². The number of amidine groups is 1. The van der Waals surface area contributed by atoms with E-state index in [1.807, 2.05) is 43.3 Å². The number of hydrogen-bond donors (Lipinski definition) is 2. The fourth-order valence-corrected chi connectivity index (χ4v) is 2.81. The summed E-state index contributed by atoms with van der Waals surface area (Å²) in [6.07, 6.45) is 1.87. The zero-order valence-electron chi connectivity index (χ0n) is 11.9. The van der Waals surface area contributed by atoms with Crippen LogP contribution in [0.15, 0.2) is 48.5 Å². The number of hydroxylamine groups is 1. The van der Waals surface area contributed by atoms with Gasteiger partial charge < -0.3 is 0 Å². The van der Waals surface area contributed by atoms with Gasteiger partial charge in [-0.25, -0.2) is 5.06 Å². The zero-order chi connectivity index (χ0) is 14.1. The molecule has 1 aliphatic carbocycles. The first-order valence-corrected chi connectivity index (χ1v) is 6.89. The molecule has 3 nitrogen and oxygen atoms in total. The van der Waals surface area contributed by atoms with E-state index in [1.54, 1.807) is 0 Å². The van der Waals surface area contributed by atoms with Crippen molar-refractivity contribution in [3.05, 3.63) is 65.2 Å². The molecule has 21 heavy (non-hydrogen) atoms. The third kappa shape index (κ3) is 2.94. The van der Waals surface area contributed by atoms with Crippen LogP contribution >= 0.6 is 12.4 Å². The summed E-state index contributed by atoms with van der Waals surface area (Å²) < 4.78 is 0. The van der Waals surface area contributed by atoms with E-state index in [-0.39, 0.29) is 24.2 Å². The molecule has 0 fully saturated rings. The Morgan fingerprint density at radius 1 is 1.14 bits per heavy atom. The molecule has 0 heterocycles. The summed E-state index contributed by atoms with van der Waals surface area (Å²) >= 11 is 0. The Kier molecular flexibility index (Phi) is 4.66. The normalized spacial score (nSPS) is 16.0. The Morgan fingerprint density at radius 3 is 2.52 bits per heavy atom. The molecular weight excluding hydrogens is 284 g/mol. The van der Waals surface area contributed by atoms with E-state index in [0.29, 0.717) is 5.69 Å². The van der Waals surface area contributed by atoms with Gasteiger partial charge in [0.05, 0.1) is 5.69 Å². The molecule has 0 saturated heterocycles. The summed E-state index contributed by atoms with van der Waals surface area (Å²) in [6.45, 7) is 2.00. The summed E-state index contributed by atoms with van der Waals surface area (Å²) in [5, 5.41) is 19.6. The highest BCUT2D eigenvalue weighted by molar-refractivity contribution is 5.98. The van der Waals surface area contributed by atoms with E-state index >= 15 is 0 Å². The first-order valence-electron chi connectivity index (χ1n) is 6.89. The molecule has 2 aromatic rings. The number of rotatable bonds is 2. The maximum absolute atomic E-state index is 10.3. The van der Waals surface area contributed by atoms with Crippen LogP contribution in [-0.2, 0) is 6.42 Å². The Labute approximate surface area is 131 Å². The lowest BCUT2D eigenvalue weighted by Gasteiger charge is -2.22. The molecule has 3 rings (SSSR count). The summed E-state index contributed by atoms with van der Waals surface area (Å²) in [5.41, 5.74) is 4.24. The second-order valence-corrected chi connectivity index (χ2v) is 5.32. The Morgan fingerprint density at radius 2 is 1.81 bits per heavy atom. The van der Waals surface area contributed by atoms with Crippen molar-refractivity contribution in [1.29, 1.82) is 5.41 Å². The average molecular weight is 303 g/mol. The van der Waals surface area contributed by atoms with E-state index in [4.69, 9.17) is 5.41 Å². The molecule has 0 saturated carbocycles. The van der Waals surface area contributed by atoms with E-state index in [2.05, 4.69) is 12.1 Å². The van der Waals surface area contributed by atoms with Crippen molar-refractivity contribution >= 4 is 23.9 Å². The summed E-state index contributed by atoms with van der Waals surface area (Å²) in [4.78, 5) is 0. The number of anilines is 1. The van der Waals surface area contributed by atoms with E-state index in [9.17, 15) is 5.21 Å². The second-order valence-electron chi connectivity index (χ2n) is 5.32. The lowest BCUT2D eigenvalue weighted by molar-refractivity contribution is 0.307. The predicted octanol–water partition coefficient (Wildman–Crippen LogP) is 4.32. The van der Waals surface area contributed by atoms with E-state index in [0.717, 1.165) is 23.5 Å². The van der Waals surface area contributed by atoms with Crippen LogP contribution < -0.4 is 5.06 Å². The second kappa shape index (κ2) is 6.29. The van der Waals surface area contributed by atoms with Crippen LogP contribution in [0.25, 0.3) is 0 Å². The molecule has 0 aromatic heterocycles. The molecule has 0 radical (unpaired) electrons. The highest BCUT2D eigenvalue weighted by Crippen LogP contribution is 2.35. The largest absolute Gasteiger partial charge is 0.286 e. The van der Waals surface area contributed by atoms with Crippen molar-refractivity contribution in [2.24, 2.45) is 0 Å². The number of hydrogen-bond acceptors (Lipinski definition) is 2. The van der Waals surface area contributed by atoms with Crippen molar-refractivity contribution in [1.82, 2.24) is 0 Å². The quantitative estimate of drug-likeness (QED) is 0.493. The molecule has 0 spiro atoms. The van der Waals surface area contributed by atoms with Gasteiger partial charge in [-0.1, -0.05) is 42.0 Å². The molecule has 2 aromatic carbocycles. The van der Waals surface area contributed by atoms with Gasteiger partial charge in [0.25, 0.3) is 0 Å². The molecule has 1 atom stereocenters. The standard InChI is InChI=1S/C17H18N2O.ClH/c1-12-6-9-14(10-7-12)19(20)17(18)16-11-8-13-4-2-3-5-15(13)16;/h2-7,9-10,16,18,20H,8,11H2,1H3;1H. The first kappa shape index (κ1) is 15.5. The van der Waals surface area contributed by atoms with Crippen molar-refractivity contribution in [3.8, 4) is 0 Å². The number of aryl methyl sites for hydroxylation is 2. The molecule has 1 unspecified atom stereocenters. The average Bonchev–Trinajstić information content (AvgIpc) is 2.90. The van der Waals surface area contributed by atoms with Crippen LogP contribution in [0.3, 0.4) is 0 Å². The van der Waals surface area contributed by atoms with Gasteiger partial charge in [-0.05, 0) is 43.0 Å². The van der Waals surface area contributed by atoms with Crippen molar-refractivity contribution in [3.63, 3.8) is 0 Å². The SMILES string of the molecule is Cc1ccc(N(O)C(=N)C2CCc3ccccc32)cc1.Cl. The zero-order valence-corrected chi connectivity index (χ0v) is 12.7. The van der Waals surface area contributed by atoms with Gasteiger partial charge >= 0.3 is 0 Å². The summed E-state index contributed by atoms with van der Waals surface area (Å²) in [5.74, 6) is 0.233. The smallest absolute Gasteiger partial charge is 0.134 e. The topological polar surface area (TPSA) is 47.3 Å². The summed E-state index contributed by atoms with van der Waals surface area (Å²) in [7, 11) is 0. The Hall–Kier alpha value is -1.84. The maximum atomic E-state index is 10.3. The van der Waals surface area contributed by atoms with Crippen LogP contribution in [0.5, 0.6) is 0 Å². The van der Waals surface area contributed by atoms with Crippen LogP contribution in [-0.4, -0.2) is 11.0 Å². The number of fused-ring (bicyclic) bond motifs is 1. The van der Waals surface area contributed by atoms with Crippen molar-refractivity contribution in [2.45, 2.75) is 25.7 Å². The third-order valence-electron chi connectivity index (χ3n) is 3.97. The van der Waals surface area contributed by atoms with Gasteiger partial charge in [-0.2, -0.15) is 0 Å². The van der Waals surface area contributed by atoms with Crippen LogP contribution in [0.4, 0.5) is 5.69 Å². The highest BCUT2D eigenvalue weighted by Gasteiger charge is 2.28. The highest BCUT2D eigenvalue weighted by atomic mass is 35.5. The number of halogens is 1. The van der Waals surface area contributed by atoms with E-state index in [1.165, 1.54) is 11.1 Å². The van der Waals surface area contributed by atoms with Gasteiger partial charge in [0.1, 0.15) is 5.84 Å². The van der Waals surface area contributed by atoms with E-state index < -0.39 is 0 Å². The van der Waals surface area contributed by atoms with Crippen LogP contribution in [0.1, 0.15) is 29.0 Å². The first-order chi connectivity index (χ1) is 9.66. The number of benzene rings is 2. The minimum atomic E-state index is -0.0162. The van der Waals surface area contributed by atoms with Gasteiger partial charge in [0.15, 0.2) is 0 Å². The number of nitrogens with zero attached hydrogens (tertiary/aromatic N) is 1. The van der Waals surface area contributed by atoms with Gasteiger partial charge in [0.2, 0.25) is 0 Å². The molecule has 1 aliphatic rings.